The van der Waals surface area contributed by atoms with Crippen LogP contribution in [0.4, 0.5) is 10.5 Å². The first-order valence-electron chi connectivity index (χ1n) is 9.49. The van der Waals surface area contributed by atoms with Crippen LogP contribution in [0.15, 0.2) is 42.5 Å². The summed E-state index contributed by atoms with van der Waals surface area (Å²) in [4.78, 5) is 14.6. The number of methoxy groups -OCH3 is 2. The maximum atomic E-state index is 12.9. The summed E-state index contributed by atoms with van der Waals surface area (Å²) in [5.41, 5.74) is 1.37. The molecule has 164 valence electrons. The van der Waals surface area contributed by atoms with Crippen LogP contribution in [0.5, 0.6) is 17.2 Å². The zero-order valence-electron chi connectivity index (χ0n) is 17.8. The van der Waals surface area contributed by atoms with Crippen LogP contribution in [-0.4, -0.2) is 45.4 Å². The summed E-state index contributed by atoms with van der Waals surface area (Å²) in [6.07, 6.45) is 0. The fourth-order valence-corrected chi connectivity index (χ4v) is 3.15. The van der Waals surface area contributed by atoms with Crippen molar-refractivity contribution >= 4 is 21.8 Å². The molecule has 2 rings (SSSR count). The Morgan fingerprint density at radius 1 is 1.03 bits per heavy atom. The molecule has 0 spiro atoms. The average molecular weight is 437 g/mol. The van der Waals surface area contributed by atoms with Crippen molar-refractivity contribution in [3.63, 3.8) is 0 Å². The number of carbonyl (C=O) groups excluding carboxylic acids is 1. The number of rotatable bonds is 9. The predicted molar refractivity (Wildman–Crippen MR) is 116 cm³/mol. The molecule has 0 heterocycles. The monoisotopic (exact) mass is 436 g/mol. The Kier molecular flexibility index (Phi) is 7.93. The SMILES string of the molecule is CCS(=O)(=O)Oc1ccc(CN(C(=O)Nc2ccc(OC)cc2OC)C(C)C)cc1. The second-order valence-electron chi connectivity index (χ2n) is 6.79. The second kappa shape index (κ2) is 10.2. The minimum Gasteiger partial charge on any atom is -0.497 e. The maximum Gasteiger partial charge on any atom is 0.322 e. The maximum absolute atomic E-state index is 12.9. The summed E-state index contributed by atoms with van der Waals surface area (Å²) in [6, 6.07) is 11.4. The van der Waals surface area contributed by atoms with Crippen molar-refractivity contribution in [2.45, 2.75) is 33.4 Å². The van der Waals surface area contributed by atoms with E-state index in [1.165, 1.54) is 14.0 Å². The molecule has 2 aromatic rings. The highest BCUT2D eigenvalue weighted by Gasteiger charge is 2.19. The minimum absolute atomic E-state index is 0.0781. The molecular formula is C21H28N2O6S. The standard InChI is InChI=1S/C21H28N2O6S/c1-6-30(25,26)29-17-9-7-16(8-10-17)14-23(15(2)3)21(24)22-19-12-11-18(27-4)13-20(19)28-5/h7-13,15H,6,14H2,1-5H3,(H,22,24). The van der Waals surface area contributed by atoms with Crippen molar-refractivity contribution < 1.29 is 26.9 Å². The Hall–Kier alpha value is -2.94. The highest BCUT2D eigenvalue weighted by molar-refractivity contribution is 7.87. The number of anilines is 1. The van der Waals surface area contributed by atoms with Gasteiger partial charge in [-0.25, -0.2) is 4.79 Å². The molecule has 1 N–H and O–H groups in total. The number of amides is 2. The molecule has 0 saturated carbocycles. The van der Waals surface area contributed by atoms with Crippen LogP contribution in [0.2, 0.25) is 0 Å². The van der Waals surface area contributed by atoms with Gasteiger partial charge in [0.05, 0.1) is 25.7 Å². The molecule has 0 aliphatic carbocycles. The highest BCUT2D eigenvalue weighted by Crippen LogP contribution is 2.29. The fraction of sp³-hybridized carbons (Fsp3) is 0.381. The third-order valence-electron chi connectivity index (χ3n) is 4.39. The Morgan fingerprint density at radius 2 is 1.67 bits per heavy atom. The lowest BCUT2D eigenvalue weighted by Gasteiger charge is -2.27. The average Bonchev–Trinajstić information content (AvgIpc) is 2.72. The van der Waals surface area contributed by atoms with Gasteiger partial charge in [-0.05, 0) is 50.6 Å². The first-order chi connectivity index (χ1) is 14.2. The summed E-state index contributed by atoms with van der Waals surface area (Å²) < 4.78 is 38.6. The van der Waals surface area contributed by atoms with E-state index in [0.717, 1.165) is 5.56 Å². The van der Waals surface area contributed by atoms with Crippen LogP contribution >= 0.6 is 0 Å². The van der Waals surface area contributed by atoms with Gasteiger partial charge in [-0.1, -0.05) is 12.1 Å². The quantitative estimate of drug-likeness (QED) is 0.600. The van der Waals surface area contributed by atoms with Crippen molar-refractivity contribution in [2.75, 3.05) is 25.3 Å². The van der Waals surface area contributed by atoms with Crippen molar-refractivity contribution in [2.24, 2.45) is 0 Å². The van der Waals surface area contributed by atoms with Gasteiger partial charge in [-0.2, -0.15) is 8.42 Å². The van der Waals surface area contributed by atoms with E-state index in [2.05, 4.69) is 5.32 Å². The van der Waals surface area contributed by atoms with Crippen LogP contribution in [0.1, 0.15) is 26.3 Å². The molecule has 0 radical (unpaired) electrons. The van der Waals surface area contributed by atoms with Gasteiger partial charge in [0, 0.05) is 18.7 Å². The van der Waals surface area contributed by atoms with Gasteiger partial charge in [0.25, 0.3) is 0 Å². The number of benzene rings is 2. The van der Waals surface area contributed by atoms with Gasteiger partial charge < -0.3 is 23.9 Å². The number of carbonyl (C=O) groups is 1. The third kappa shape index (κ3) is 6.28. The van der Waals surface area contributed by atoms with E-state index < -0.39 is 10.1 Å². The molecular weight excluding hydrogens is 408 g/mol. The number of ether oxygens (including phenoxy) is 2. The van der Waals surface area contributed by atoms with Gasteiger partial charge in [0.1, 0.15) is 17.2 Å². The summed E-state index contributed by atoms with van der Waals surface area (Å²) >= 11 is 0. The normalized spacial score (nSPS) is 11.1. The highest BCUT2D eigenvalue weighted by atomic mass is 32.2. The first-order valence-corrected chi connectivity index (χ1v) is 11.1. The van der Waals surface area contributed by atoms with Crippen molar-refractivity contribution in [3.05, 3.63) is 48.0 Å². The van der Waals surface area contributed by atoms with E-state index in [0.29, 0.717) is 23.7 Å². The zero-order valence-corrected chi connectivity index (χ0v) is 18.7. The molecule has 9 heteroatoms. The van der Waals surface area contributed by atoms with Gasteiger partial charge in [-0.3, -0.25) is 0 Å². The molecule has 0 atom stereocenters. The van der Waals surface area contributed by atoms with Gasteiger partial charge in [0.2, 0.25) is 0 Å². The van der Waals surface area contributed by atoms with Gasteiger partial charge in [0.15, 0.2) is 0 Å². The number of nitrogens with one attached hydrogen (secondary N) is 1. The van der Waals surface area contributed by atoms with Crippen LogP contribution in [0, 0.1) is 0 Å². The molecule has 2 aromatic carbocycles. The summed E-state index contributed by atoms with van der Waals surface area (Å²) in [7, 11) is -0.499. The molecule has 0 aliphatic rings. The molecule has 0 aromatic heterocycles. The van der Waals surface area contributed by atoms with Gasteiger partial charge >= 0.3 is 16.1 Å². The topological polar surface area (TPSA) is 94.2 Å². The molecule has 8 nitrogen and oxygen atoms in total. The predicted octanol–water partition coefficient (Wildman–Crippen LogP) is 3.87. The van der Waals surface area contributed by atoms with E-state index in [9.17, 15) is 13.2 Å². The Balaban J connectivity index is 2.13. The molecule has 0 unspecified atom stereocenters. The summed E-state index contributed by atoms with van der Waals surface area (Å²) in [5, 5.41) is 2.87. The number of hydrogen-bond acceptors (Lipinski definition) is 6. The van der Waals surface area contributed by atoms with Crippen LogP contribution < -0.4 is 19.0 Å². The van der Waals surface area contributed by atoms with Crippen LogP contribution in [0.25, 0.3) is 0 Å². The first kappa shape index (κ1) is 23.3. The number of nitrogens with zero attached hydrogens (tertiary/aromatic N) is 1. The van der Waals surface area contributed by atoms with E-state index >= 15 is 0 Å². The zero-order chi connectivity index (χ0) is 22.3. The molecule has 0 aliphatic heterocycles. The lowest BCUT2D eigenvalue weighted by Crippen LogP contribution is -2.39. The van der Waals surface area contributed by atoms with Crippen molar-refractivity contribution in [1.82, 2.24) is 4.90 Å². The summed E-state index contributed by atoms with van der Waals surface area (Å²) in [5.74, 6) is 1.25. The number of hydrogen-bond donors (Lipinski definition) is 1. The van der Waals surface area contributed by atoms with E-state index in [4.69, 9.17) is 13.7 Å². The Labute approximate surface area is 177 Å². The van der Waals surface area contributed by atoms with Crippen LogP contribution in [-0.2, 0) is 16.7 Å². The van der Waals surface area contributed by atoms with E-state index in [1.54, 1.807) is 54.5 Å². The smallest absolute Gasteiger partial charge is 0.322 e. The molecule has 0 bridgehead atoms. The second-order valence-corrected chi connectivity index (χ2v) is 8.65. The third-order valence-corrected chi connectivity index (χ3v) is 5.54. The summed E-state index contributed by atoms with van der Waals surface area (Å²) in [6.45, 7) is 5.68. The minimum atomic E-state index is -3.58. The largest absolute Gasteiger partial charge is 0.497 e. The molecule has 0 saturated heterocycles. The van der Waals surface area contributed by atoms with Gasteiger partial charge in [-0.15, -0.1) is 0 Å². The van der Waals surface area contributed by atoms with E-state index in [1.807, 2.05) is 13.8 Å². The van der Waals surface area contributed by atoms with Crippen molar-refractivity contribution in [1.29, 1.82) is 0 Å². The molecule has 30 heavy (non-hydrogen) atoms. The lowest BCUT2D eigenvalue weighted by atomic mass is 10.2. The Bertz CT molecular complexity index is 958. The van der Waals surface area contributed by atoms with Crippen LogP contribution in [0.3, 0.4) is 0 Å². The number of urea groups is 1. The van der Waals surface area contributed by atoms with Crippen molar-refractivity contribution in [3.8, 4) is 17.2 Å². The molecule has 0 fully saturated rings. The lowest BCUT2D eigenvalue weighted by molar-refractivity contribution is 0.193. The fourth-order valence-electron chi connectivity index (χ4n) is 2.63. The van der Waals surface area contributed by atoms with E-state index in [-0.39, 0.29) is 23.6 Å². The molecule has 2 amide bonds. The Morgan fingerprint density at radius 3 is 2.20 bits per heavy atom.